The van der Waals surface area contributed by atoms with Gasteiger partial charge in [0.1, 0.15) is 0 Å². The quantitative estimate of drug-likeness (QED) is 0.127. The van der Waals surface area contributed by atoms with E-state index in [9.17, 15) is 4.79 Å². The SMILES string of the molecule is C=C(C(=O)OCCCCCCCCCCCCCCCCCC)c1ccc(C#N)cc1. The number of nitriles is 1. The van der Waals surface area contributed by atoms with Crippen LogP contribution in [-0.4, -0.2) is 12.6 Å². The van der Waals surface area contributed by atoms with Gasteiger partial charge < -0.3 is 4.74 Å². The number of carbonyl (C=O) groups excluding carboxylic acids is 1. The molecule has 0 aromatic heterocycles. The third-order valence-electron chi connectivity index (χ3n) is 5.84. The first-order valence-electron chi connectivity index (χ1n) is 12.6. The summed E-state index contributed by atoms with van der Waals surface area (Å²) >= 11 is 0. The molecule has 0 atom stereocenters. The Labute approximate surface area is 190 Å². The van der Waals surface area contributed by atoms with Crippen molar-refractivity contribution in [3.05, 3.63) is 42.0 Å². The Hall–Kier alpha value is -2.08. The molecule has 0 bridgehead atoms. The van der Waals surface area contributed by atoms with Crippen LogP contribution < -0.4 is 0 Å². The average Bonchev–Trinajstić information content (AvgIpc) is 2.80. The molecule has 31 heavy (non-hydrogen) atoms. The third-order valence-corrected chi connectivity index (χ3v) is 5.84. The molecular formula is C28H43NO2. The fraction of sp³-hybridized carbons (Fsp3) is 0.643. The van der Waals surface area contributed by atoms with Crippen molar-refractivity contribution >= 4 is 11.5 Å². The summed E-state index contributed by atoms with van der Waals surface area (Å²) in [4.78, 5) is 12.1. The molecule has 1 aromatic rings. The Bertz CT molecular complexity index is 642. The van der Waals surface area contributed by atoms with E-state index in [1.807, 2.05) is 0 Å². The van der Waals surface area contributed by atoms with E-state index in [2.05, 4.69) is 19.6 Å². The zero-order valence-electron chi connectivity index (χ0n) is 19.8. The Kier molecular flexibility index (Phi) is 16.2. The summed E-state index contributed by atoms with van der Waals surface area (Å²) < 4.78 is 5.33. The first-order valence-corrected chi connectivity index (χ1v) is 12.6. The van der Waals surface area contributed by atoms with Crippen molar-refractivity contribution in [1.82, 2.24) is 0 Å². The van der Waals surface area contributed by atoms with Crippen LogP contribution in [-0.2, 0) is 9.53 Å². The molecule has 3 nitrogen and oxygen atoms in total. The van der Waals surface area contributed by atoms with Gasteiger partial charge in [-0.1, -0.05) is 122 Å². The highest BCUT2D eigenvalue weighted by atomic mass is 16.5. The van der Waals surface area contributed by atoms with Gasteiger partial charge in [-0.2, -0.15) is 5.26 Å². The van der Waals surface area contributed by atoms with Crippen LogP contribution in [0, 0.1) is 11.3 Å². The smallest absolute Gasteiger partial charge is 0.338 e. The van der Waals surface area contributed by atoms with E-state index >= 15 is 0 Å². The maximum absolute atomic E-state index is 12.1. The van der Waals surface area contributed by atoms with E-state index < -0.39 is 0 Å². The molecule has 0 aliphatic heterocycles. The number of nitrogens with zero attached hydrogens (tertiary/aromatic N) is 1. The lowest BCUT2D eigenvalue weighted by molar-refractivity contribution is -0.136. The van der Waals surface area contributed by atoms with Gasteiger partial charge in [0.2, 0.25) is 0 Å². The fourth-order valence-electron chi connectivity index (χ4n) is 3.77. The molecule has 0 aliphatic carbocycles. The van der Waals surface area contributed by atoms with Gasteiger partial charge in [0.15, 0.2) is 0 Å². The Morgan fingerprint density at radius 3 is 1.61 bits per heavy atom. The second kappa shape index (κ2) is 18.7. The number of carbonyl (C=O) groups is 1. The van der Waals surface area contributed by atoms with Crippen LogP contribution in [0.1, 0.15) is 121 Å². The highest BCUT2D eigenvalue weighted by Crippen LogP contribution is 2.16. The van der Waals surface area contributed by atoms with Crippen molar-refractivity contribution < 1.29 is 9.53 Å². The van der Waals surface area contributed by atoms with E-state index in [0.717, 1.165) is 12.8 Å². The second-order valence-corrected chi connectivity index (χ2v) is 8.61. The number of esters is 1. The Morgan fingerprint density at radius 1 is 0.774 bits per heavy atom. The minimum absolute atomic E-state index is 0.348. The van der Waals surface area contributed by atoms with Crippen LogP contribution >= 0.6 is 0 Å². The topological polar surface area (TPSA) is 50.1 Å². The Balaban J connectivity index is 1.88. The van der Waals surface area contributed by atoms with Crippen LogP contribution in [0.3, 0.4) is 0 Å². The molecule has 0 heterocycles. The summed E-state index contributed by atoms with van der Waals surface area (Å²) in [6, 6.07) is 8.90. The largest absolute Gasteiger partial charge is 0.462 e. The van der Waals surface area contributed by atoms with Crippen LogP contribution in [0.25, 0.3) is 5.57 Å². The van der Waals surface area contributed by atoms with Gasteiger partial charge in [-0.25, -0.2) is 4.79 Å². The van der Waals surface area contributed by atoms with Gasteiger partial charge in [-0.15, -0.1) is 0 Å². The molecule has 172 valence electrons. The standard InChI is InChI=1S/C28H43NO2/c1-3-4-5-6-7-8-9-10-11-12-13-14-15-16-17-18-23-31-28(30)25(2)27-21-19-26(24-29)20-22-27/h19-22H,2-18,23H2,1H3. The molecular weight excluding hydrogens is 382 g/mol. The molecule has 0 amide bonds. The minimum atomic E-state index is -0.370. The molecule has 0 unspecified atom stereocenters. The van der Waals surface area contributed by atoms with Crippen LogP contribution in [0.2, 0.25) is 0 Å². The molecule has 0 saturated heterocycles. The normalized spacial score (nSPS) is 10.6. The average molecular weight is 426 g/mol. The van der Waals surface area contributed by atoms with E-state index in [1.165, 1.54) is 89.9 Å². The number of rotatable bonds is 19. The van der Waals surface area contributed by atoms with E-state index in [0.29, 0.717) is 23.3 Å². The lowest BCUT2D eigenvalue weighted by Crippen LogP contribution is -2.07. The van der Waals surface area contributed by atoms with Crippen LogP contribution in [0.4, 0.5) is 0 Å². The van der Waals surface area contributed by atoms with Gasteiger partial charge in [0.25, 0.3) is 0 Å². The van der Waals surface area contributed by atoms with Gasteiger partial charge in [-0.05, 0) is 24.1 Å². The fourth-order valence-corrected chi connectivity index (χ4v) is 3.77. The summed E-state index contributed by atoms with van der Waals surface area (Å²) in [5.41, 5.74) is 1.62. The predicted octanol–water partition coefficient (Wildman–Crippen LogP) is 8.38. The Morgan fingerprint density at radius 2 is 1.19 bits per heavy atom. The van der Waals surface area contributed by atoms with Gasteiger partial charge in [-0.3, -0.25) is 0 Å². The monoisotopic (exact) mass is 425 g/mol. The van der Waals surface area contributed by atoms with E-state index in [1.54, 1.807) is 24.3 Å². The number of hydrogen-bond donors (Lipinski definition) is 0. The summed E-state index contributed by atoms with van der Waals surface area (Å²) in [5, 5.41) is 8.83. The molecule has 0 saturated carbocycles. The zero-order chi connectivity index (χ0) is 22.6. The zero-order valence-corrected chi connectivity index (χ0v) is 19.8. The second-order valence-electron chi connectivity index (χ2n) is 8.61. The molecule has 0 fully saturated rings. The van der Waals surface area contributed by atoms with Crippen LogP contribution in [0.15, 0.2) is 30.8 Å². The van der Waals surface area contributed by atoms with Crippen molar-refractivity contribution in [3.63, 3.8) is 0 Å². The molecule has 1 aromatic carbocycles. The molecule has 0 spiro atoms. The molecule has 1 rings (SSSR count). The summed E-state index contributed by atoms with van der Waals surface area (Å²) in [5.74, 6) is -0.370. The predicted molar refractivity (Wildman–Crippen MR) is 131 cm³/mol. The lowest BCUT2D eigenvalue weighted by Gasteiger charge is -2.07. The lowest BCUT2D eigenvalue weighted by atomic mass is 10.0. The number of hydrogen-bond acceptors (Lipinski definition) is 3. The minimum Gasteiger partial charge on any atom is -0.462 e. The number of ether oxygens (including phenoxy) is 1. The van der Waals surface area contributed by atoms with E-state index in [4.69, 9.17) is 10.00 Å². The summed E-state index contributed by atoms with van der Waals surface area (Å²) in [6.45, 7) is 6.54. The molecule has 0 radical (unpaired) electrons. The highest BCUT2D eigenvalue weighted by Gasteiger charge is 2.10. The summed E-state index contributed by atoms with van der Waals surface area (Å²) in [7, 11) is 0. The van der Waals surface area contributed by atoms with Crippen molar-refractivity contribution in [2.45, 2.75) is 110 Å². The number of unbranched alkanes of at least 4 members (excludes halogenated alkanes) is 15. The maximum Gasteiger partial charge on any atom is 0.338 e. The van der Waals surface area contributed by atoms with Crippen molar-refractivity contribution in [3.8, 4) is 6.07 Å². The van der Waals surface area contributed by atoms with Crippen LogP contribution in [0.5, 0.6) is 0 Å². The molecule has 0 N–H and O–H groups in total. The molecule has 0 aliphatic rings. The third kappa shape index (κ3) is 13.8. The van der Waals surface area contributed by atoms with Crippen molar-refractivity contribution in [2.75, 3.05) is 6.61 Å². The van der Waals surface area contributed by atoms with E-state index in [-0.39, 0.29) is 5.97 Å². The highest BCUT2D eigenvalue weighted by molar-refractivity contribution is 6.15. The van der Waals surface area contributed by atoms with Gasteiger partial charge in [0, 0.05) is 0 Å². The first kappa shape index (κ1) is 27.0. The van der Waals surface area contributed by atoms with Gasteiger partial charge in [0.05, 0.1) is 23.8 Å². The van der Waals surface area contributed by atoms with Crippen molar-refractivity contribution in [2.24, 2.45) is 0 Å². The number of benzene rings is 1. The maximum atomic E-state index is 12.1. The summed E-state index contributed by atoms with van der Waals surface area (Å²) in [6.07, 6.45) is 21.2. The van der Waals surface area contributed by atoms with Gasteiger partial charge >= 0.3 is 5.97 Å². The molecule has 3 heteroatoms. The van der Waals surface area contributed by atoms with Crippen molar-refractivity contribution in [1.29, 1.82) is 5.26 Å². The first-order chi connectivity index (χ1) is 15.2.